The average Bonchev–Trinajstić information content (AvgIpc) is 2.25. The highest BCUT2D eigenvalue weighted by molar-refractivity contribution is 7.98. The van der Waals surface area contributed by atoms with Crippen molar-refractivity contribution in [3.63, 3.8) is 0 Å². The molecule has 96 valence electrons. The van der Waals surface area contributed by atoms with E-state index in [1.807, 2.05) is 11.8 Å². The maximum atomic E-state index is 11.3. The van der Waals surface area contributed by atoms with Gasteiger partial charge in [0, 0.05) is 6.54 Å². The normalized spacial score (nSPS) is 10.8. The fourth-order valence-corrected chi connectivity index (χ4v) is 1.75. The number of amides is 1. The van der Waals surface area contributed by atoms with Crippen molar-refractivity contribution < 1.29 is 4.79 Å². The van der Waals surface area contributed by atoms with Crippen molar-refractivity contribution >= 4 is 17.7 Å². The highest BCUT2D eigenvalue weighted by atomic mass is 32.2. The molecule has 0 aromatic heterocycles. The van der Waals surface area contributed by atoms with Crippen LogP contribution in [0.2, 0.25) is 0 Å². The Morgan fingerprint density at radius 3 is 2.62 bits per heavy atom. The third kappa shape index (κ3) is 11.9. The van der Waals surface area contributed by atoms with Gasteiger partial charge < -0.3 is 10.6 Å². The lowest BCUT2D eigenvalue weighted by molar-refractivity contribution is -0.120. The van der Waals surface area contributed by atoms with E-state index in [1.54, 1.807) is 0 Å². The molecule has 0 aliphatic heterocycles. The minimum atomic E-state index is 0.109. The molecule has 2 N–H and O–H groups in total. The largest absolute Gasteiger partial charge is 0.355 e. The molecule has 0 unspecified atom stereocenters. The standard InChI is InChI=1S/C12H26N2OS/c1-11(2)9-14-12(15)10-13-7-5-4-6-8-16-3/h11,13H,4-10H2,1-3H3,(H,14,15). The van der Waals surface area contributed by atoms with Crippen LogP contribution in [0.5, 0.6) is 0 Å². The smallest absolute Gasteiger partial charge is 0.233 e. The minimum absolute atomic E-state index is 0.109. The second kappa shape index (κ2) is 11.3. The molecule has 0 radical (unpaired) electrons. The van der Waals surface area contributed by atoms with Crippen LogP contribution >= 0.6 is 11.8 Å². The van der Waals surface area contributed by atoms with Crippen molar-refractivity contribution in [1.29, 1.82) is 0 Å². The molecule has 0 aromatic rings. The van der Waals surface area contributed by atoms with Crippen LogP contribution in [-0.2, 0) is 4.79 Å². The van der Waals surface area contributed by atoms with Crippen LogP contribution in [0, 0.1) is 5.92 Å². The summed E-state index contributed by atoms with van der Waals surface area (Å²) in [5, 5.41) is 6.06. The number of carbonyl (C=O) groups excluding carboxylic acids is 1. The lowest BCUT2D eigenvalue weighted by Gasteiger charge is -2.08. The third-order valence-corrected chi connectivity index (χ3v) is 2.89. The molecule has 0 aliphatic carbocycles. The predicted molar refractivity (Wildman–Crippen MR) is 73.0 cm³/mol. The van der Waals surface area contributed by atoms with Gasteiger partial charge in [-0.25, -0.2) is 0 Å². The fraction of sp³-hybridized carbons (Fsp3) is 0.917. The van der Waals surface area contributed by atoms with Gasteiger partial charge in [-0.2, -0.15) is 11.8 Å². The molecule has 1 amide bonds. The van der Waals surface area contributed by atoms with E-state index in [-0.39, 0.29) is 5.91 Å². The average molecular weight is 246 g/mol. The van der Waals surface area contributed by atoms with Gasteiger partial charge in [0.15, 0.2) is 0 Å². The first kappa shape index (κ1) is 15.8. The molecule has 4 heteroatoms. The molecule has 0 fully saturated rings. The van der Waals surface area contributed by atoms with Crippen LogP contribution in [-0.4, -0.2) is 37.6 Å². The monoisotopic (exact) mass is 246 g/mol. The molecule has 0 saturated carbocycles. The summed E-state index contributed by atoms with van der Waals surface area (Å²) in [5.41, 5.74) is 0. The fourth-order valence-electron chi connectivity index (χ4n) is 1.26. The molecule has 0 aliphatic rings. The summed E-state index contributed by atoms with van der Waals surface area (Å²) in [6.07, 6.45) is 5.83. The Bertz CT molecular complexity index is 174. The quantitative estimate of drug-likeness (QED) is 0.578. The highest BCUT2D eigenvalue weighted by Crippen LogP contribution is 2.00. The van der Waals surface area contributed by atoms with Crippen LogP contribution in [0.3, 0.4) is 0 Å². The van der Waals surface area contributed by atoms with Gasteiger partial charge >= 0.3 is 0 Å². The maximum absolute atomic E-state index is 11.3. The Morgan fingerprint density at radius 2 is 2.00 bits per heavy atom. The van der Waals surface area contributed by atoms with E-state index >= 15 is 0 Å². The molecule has 0 bridgehead atoms. The lowest BCUT2D eigenvalue weighted by atomic mass is 10.2. The SMILES string of the molecule is CSCCCCCNCC(=O)NCC(C)C. The lowest BCUT2D eigenvalue weighted by Crippen LogP contribution is -2.36. The van der Waals surface area contributed by atoms with Gasteiger partial charge in [-0.15, -0.1) is 0 Å². The van der Waals surface area contributed by atoms with E-state index < -0.39 is 0 Å². The molecule has 3 nitrogen and oxygen atoms in total. The first-order chi connectivity index (χ1) is 7.66. The third-order valence-electron chi connectivity index (χ3n) is 2.20. The van der Waals surface area contributed by atoms with Crippen LogP contribution in [0.25, 0.3) is 0 Å². The van der Waals surface area contributed by atoms with E-state index in [2.05, 4.69) is 30.7 Å². The van der Waals surface area contributed by atoms with Gasteiger partial charge in [0.1, 0.15) is 0 Å². The number of unbranched alkanes of at least 4 members (excludes halogenated alkanes) is 2. The first-order valence-corrected chi connectivity index (χ1v) is 7.52. The van der Waals surface area contributed by atoms with Gasteiger partial charge in [0.2, 0.25) is 5.91 Å². The molecule has 0 heterocycles. The van der Waals surface area contributed by atoms with E-state index in [1.165, 1.54) is 18.6 Å². The van der Waals surface area contributed by atoms with E-state index in [0.29, 0.717) is 12.5 Å². The van der Waals surface area contributed by atoms with Crippen LogP contribution in [0.1, 0.15) is 33.1 Å². The Balaban J connectivity index is 3.15. The van der Waals surface area contributed by atoms with Gasteiger partial charge in [0.05, 0.1) is 6.54 Å². The van der Waals surface area contributed by atoms with Crippen molar-refractivity contribution in [3.8, 4) is 0 Å². The number of nitrogens with one attached hydrogen (secondary N) is 2. The molecule has 16 heavy (non-hydrogen) atoms. The van der Waals surface area contributed by atoms with Crippen molar-refractivity contribution in [2.45, 2.75) is 33.1 Å². The maximum Gasteiger partial charge on any atom is 0.233 e. The number of rotatable bonds is 10. The molecule has 0 rings (SSSR count). The molecule has 0 spiro atoms. The van der Waals surface area contributed by atoms with Crippen molar-refractivity contribution in [2.24, 2.45) is 5.92 Å². The van der Waals surface area contributed by atoms with Gasteiger partial charge in [0.25, 0.3) is 0 Å². The minimum Gasteiger partial charge on any atom is -0.355 e. The van der Waals surface area contributed by atoms with E-state index in [9.17, 15) is 4.79 Å². The van der Waals surface area contributed by atoms with Crippen molar-refractivity contribution in [2.75, 3.05) is 31.6 Å². The molecule has 0 aromatic carbocycles. The van der Waals surface area contributed by atoms with Crippen molar-refractivity contribution in [3.05, 3.63) is 0 Å². The molecule has 0 saturated heterocycles. The predicted octanol–water partition coefficient (Wildman–Crippen LogP) is 1.88. The Hall–Kier alpha value is -0.220. The zero-order valence-corrected chi connectivity index (χ0v) is 11.7. The van der Waals surface area contributed by atoms with E-state index in [0.717, 1.165) is 19.5 Å². The van der Waals surface area contributed by atoms with Crippen molar-refractivity contribution in [1.82, 2.24) is 10.6 Å². The van der Waals surface area contributed by atoms with Crippen LogP contribution in [0.4, 0.5) is 0 Å². The summed E-state index contributed by atoms with van der Waals surface area (Å²) in [6, 6.07) is 0. The highest BCUT2D eigenvalue weighted by Gasteiger charge is 2.00. The Labute approximate surface area is 104 Å². The van der Waals surface area contributed by atoms with Crippen LogP contribution < -0.4 is 10.6 Å². The van der Waals surface area contributed by atoms with Crippen LogP contribution in [0.15, 0.2) is 0 Å². The second-order valence-electron chi connectivity index (χ2n) is 4.43. The molecular weight excluding hydrogens is 220 g/mol. The Kier molecular flexibility index (Phi) is 11.1. The zero-order chi connectivity index (χ0) is 12.2. The van der Waals surface area contributed by atoms with Gasteiger partial charge in [-0.3, -0.25) is 4.79 Å². The Morgan fingerprint density at radius 1 is 1.25 bits per heavy atom. The topological polar surface area (TPSA) is 41.1 Å². The van der Waals surface area contributed by atoms with Gasteiger partial charge in [-0.1, -0.05) is 20.3 Å². The van der Waals surface area contributed by atoms with E-state index in [4.69, 9.17) is 0 Å². The summed E-state index contributed by atoms with van der Waals surface area (Å²) < 4.78 is 0. The molecule has 0 atom stereocenters. The summed E-state index contributed by atoms with van der Waals surface area (Å²) in [4.78, 5) is 11.3. The van der Waals surface area contributed by atoms with Gasteiger partial charge in [-0.05, 0) is 37.3 Å². The number of carbonyl (C=O) groups is 1. The number of thioether (sulfide) groups is 1. The molecular formula is C12H26N2OS. The summed E-state index contributed by atoms with van der Waals surface area (Å²) in [7, 11) is 0. The first-order valence-electron chi connectivity index (χ1n) is 6.13. The summed E-state index contributed by atoms with van der Waals surface area (Å²) in [5.74, 6) is 1.88. The number of hydrogen-bond donors (Lipinski definition) is 2. The second-order valence-corrected chi connectivity index (χ2v) is 5.41. The number of hydrogen-bond acceptors (Lipinski definition) is 3. The summed E-state index contributed by atoms with van der Waals surface area (Å²) >= 11 is 1.90. The zero-order valence-electron chi connectivity index (χ0n) is 10.8. The summed E-state index contributed by atoms with van der Waals surface area (Å²) in [6.45, 7) is 6.37.